The number of phenols is 1. The molecule has 0 saturated carbocycles. The van der Waals surface area contributed by atoms with Crippen LogP contribution < -0.4 is 5.32 Å². The molecule has 0 aliphatic carbocycles. The number of amides is 1. The highest BCUT2D eigenvalue weighted by molar-refractivity contribution is 7.80. The highest BCUT2D eigenvalue weighted by Crippen LogP contribution is 2.39. The van der Waals surface area contributed by atoms with E-state index in [0.29, 0.717) is 5.75 Å². The van der Waals surface area contributed by atoms with Gasteiger partial charge < -0.3 is 15.2 Å². The van der Waals surface area contributed by atoms with Crippen LogP contribution in [0.1, 0.15) is 65.2 Å². The van der Waals surface area contributed by atoms with Crippen molar-refractivity contribution >= 4 is 30.6 Å². The molecular weight excluding hydrogens is 374 g/mol. The van der Waals surface area contributed by atoms with Gasteiger partial charge in [0.2, 0.25) is 5.91 Å². The number of carbonyl (C=O) groups is 2. The lowest BCUT2D eigenvalue weighted by Gasteiger charge is -2.27. The molecule has 0 spiro atoms. The van der Waals surface area contributed by atoms with E-state index in [2.05, 4.69) is 17.9 Å². The molecule has 1 aromatic rings. The molecular formula is C22H33NO4S. The first-order valence-electron chi connectivity index (χ1n) is 9.45. The maximum Gasteiger partial charge on any atom is 0.329 e. The first-order valence-corrected chi connectivity index (χ1v) is 10.1. The van der Waals surface area contributed by atoms with E-state index in [4.69, 9.17) is 4.74 Å². The summed E-state index contributed by atoms with van der Waals surface area (Å²) in [5, 5.41) is 13.4. The van der Waals surface area contributed by atoms with Gasteiger partial charge in [0.25, 0.3) is 0 Å². The quantitative estimate of drug-likeness (QED) is 0.379. The smallest absolute Gasteiger partial charge is 0.329 e. The normalized spacial score (nSPS) is 13.4. The second-order valence-electron chi connectivity index (χ2n) is 8.79. The molecule has 2 N–H and O–H groups in total. The molecule has 28 heavy (non-hydrogen) atoms. The van der Waals surface area contributed by atoms with Crippen LogP contribution in [0.25, 0.3) is 6.08 Å². The number of rotatable bonds is 6. The van der Waals surface area contributed by atoms with E-state index in [1.807, 2.05) is 53.7 Å². The number of carbonyl (C=O) groups excluding carboxylic acids is 2. The lowest BCUT2D eigenvalue weighted by Crippen LogP contribution is -2.42. The molecule has 0 heterocycles. The highest BCUT2D eigenvalue weighted by atomic mass is 32.1. The molecule has 0 aliphatic rings. The average molecular weight is 408 g/mol. The van der Waals surface area contributed by atoms with E-state index in [-0.39, 0.29) is 23.2 Å². The van der Waals surface area contributed by atoms with E-state index in [1.165, 1.54) is 6.08 Å². The van der Waals surface area contributed by atoms with Gasteiger partial charge >= 0.3 is 5.97 Å². The number of phenolic OH excluding ortho intramolecular Hbond substituents is 1. The van der Waals surface area contributed by atoms with Crippen LogP contribution in [-0.4, -0.2) is 35.4 Å². The molecule has 0 fully saturated rings. The SMILES string of the molecule is CCOC(=O)C(CS)NC(=O)/C=C/c1cc(C(C)(C)C)c(O)c(C(C)(C)C)c1. The van der Waals surface area contributed by atoms with Crippen LogP contribution in [0.3, 0.4) is 0 Å². The van der Waals surface area contributed by atoms with Gasteiger partial charge in [0.1, 0.15) is 11.8 Å². The molecule has 1 unspecified atom stereocenters. The summed E-state index contributed by atoms with van der Waals surface area (Å²) in [6, 6.07) is 2.97. The fourth-order valence-electron chi connectivity index (χ4n) is 2.71. The number of nitrogens with one attached hydrogen (secondary N) is 1. The van der Waals surface area contributed by atoms with E-state index in [0.717, 1.165) is 16.7 Å². The molecule has 1 amide bonds. The molecule has 0 aromatic heterocycles. The maximum atomic E-state index is 12.2. The number of benzene rings is 1. The van der Waals surface area contributed by atoms with E-state index >= 15 is 0 Å². The number of ether oxygens (including phenoxy) is 1. The molecule has 0 radical (unpaired) electrons. The van der Waals surface area contributed by atoms with Crippen molar-refractivity contribution in [2.45, 2.75) is 65.3 Å². The van der Waals surface area contributed by atoms with Crippen molar-refractivity contribution in [2.24, 2.45) is 0 Å². The van der Waals surface area contributed by atoms with Crippen LogP contribution >= 0.6 is 12.6 Å². The van der Waals surface area contributed by atoms with Crippen LogP contribution in [0.4, 0.5) is 0 Å². The van der Waals surface area contributed by atoms with Gasteiger partial charge in [0.15, 0.2) is 0 Å². The molecule has 1 rings (SSSR count). The summed E-state index contributed by atoms with van der Waals surface area (Å²) in [7, 11) is 0. The zero-order valence-corrected chi connectivity index (χ0v) is 18.8. The van der Waals surface area contributed by atoms with Gasteiger partial charge in [-0.2, -0.15) is 12.6 Å². The van der Waals surface area contributed by atoms with Crippen LogP contribution in [0.5, 0.6) is 5.75 Å². The molecule has 0 saturated heterocycles. The van der Waals surface area contributed by atoms with Crippen molar-refractivity contribution in [3.63, 3.8) is 0 Å². The Bertz CT molecular complexity index is 707. The Labute approximate surface area is 174 Å². The van der Waals surface area contributed by atoms with Crippen molar-refractivity contribution in [1.29, 1.82) is 0 Å². The maximum absolute atomic E-state index is 12.2. The van der Waals surface area contributed by atoms with Crippen LogP contribution in [0.15, 0.2) is 18.2 Å². The topological polar surface area (TPSA) is 75.6 Å². The summed E-state index contributed by atoms with van der Waals surface area (Å²) in [4.78, 5) is 24.0. The third-order valence-corrected chi connectivity index (χ3v) is 4.61. The van der Waals surface area contributed by atoms with Gasteiger partial charge in [0.05, 0.1) is 6.61 Å². The Balaban J connectivity index is 3.17. The molecule has 6 heteroatoms. The minimum absolute atomic E-state index is 0.153. The number of hydrogen-bond acceptors (Lipinski definition) is 5. The summed E-state index contributed by atoms with van der Waals surface area (Å²) in [6.07, 6.45) is 3.06. The first kappa shape index (κ1) is 24.1. The summed E-state index contributed by atoms with van der Waals surface area (Å²) in [5.74, 6) is -0.470. The van der Waals surface area contributed by atoms with Gasteiger partial charge in [0, 0.05) is 23.0 Å². The summed E-state index contributed by atoms with van der Waals surface area (Å²) < 4.78 is 4.92. The van der Waals surface area contributed by atoms with E-state index in [1.54, 1.807) is 13.0 Å². The summed E-state index contributed by atoms with van der Waals surface area (Å²) in [6.45, 7) is 14.1. The van der Waals surface area contributed by atoms with Gasteiger partial charge in [-0.05, 0) is 41.5 Å². The van der Waals surface area contributed by atoms with Gasteiger partial charge in [-0.25, -0.2) is 4.79 Å². The highest BCUT2D eigenvalue weighted by Gasteiger charge is 2.26. The Morgan fingerprint density at radius 3 is 2.04 bits per heavy atom. The average Bonchev–Trinajstić information content (AvgIpc) is 2.56. The summed E-state index contributed by atoms with van der Waals surface area (Å²) >= 11 is 4.09. The molecule has 5 nitrogen and oxygen atoms in total. The Hall–Kier alpha value is -1.95. The lowest BCUT2D eigenvalue weighted by atomic mass is 9.78. The molecule has 1 aromatic carbocycles. The van der Waals surface area contributed by atoms with Crippen molar-refractivity contribution in [2.75, 3.05) is 12.4 Å². The predicted octanol–water partition coefficient (Wildman–Crippen LogP) is 3.98. The fourth-order valence-corrected chi connectivity index (χ4v) is 2.95. The first-order chi connectivity index (χ1) is 12.8. The zero-order chi connectivity index (χ0) is 21.7. The minimum Gasteiger partial charge on any atom is -0.507 e. The van der Waals surface area contributed by atoms with Crippen LogP contribution in [0.2, 0.25) is 0 Å². The number of esters is 1. The molecule has 1 atom stereocenters. The van der Waals surface area contributed by atoms with Crippen molar-refractivity contribution in [3.05, 3.63) is 34.9 Å². The van der Waals surface area contributed by atoms with Gasteiger partial charge in [-0.1, -0.05) is 41.5 Å². The number of aromatic hydroxyl groups is 1. The van der Waals surface area contributed by atoms with Crippen LogP contribution in [0, 0.1) is 0 Å². The summed E-state index contributed by atoms with van der Waals surface area (Å²) in [5.41, 5.74) is 1.94. The Morgan fingerprint density at radius 1 is 1.14 bits per heavy atom. The van der Waals surface area contributed by atoms with Crippen LogP contribution in [-0.2, 0) is 25.2 Å². The Morgan fingerprint density at radius 2 is 1.64 bits per heavy atom. The van der Waals surface area contributed by atoms with Crippen molar-refractivity contribution in [1.82, 2.24) is 5.32 Å². The van der Waals surface area contributed by atoms with Gasteiger partial charge in [-0.3, -0.25) is 4.79 Å². The second kappa shape index (κ2) is 9.50. The van der Waals surface area contributed by atoms with Crippen molar-refractivity contribution in [3.8, 4) is 5.75 Å². The molecule has 156 valence electrons. The number of thiol groups is 1. The third-order valence-electron chi connectivity index (χ3n) is 4.25. The molecule has 0 bridgehead atoms. The minimum atomic E-state index is -0.796. The molecule has 0 aliphatic heterocycles. The second-order valence-corrected chi connectivity index (χ2v) is 9.16. The lowest BCUT2D eigenvalue weighted by molar-refractivity contribution is -0.146. The third kappa shape index (κ3) is 6.59. The van der Waals surface area contributed by atoms with Crippen molar-refractivity contribution < 1.29 is 19.4 Å². The van der Waals surface area contributed by atoms with E-state index < -0.39 is 17.9 Å². The monoisotopic (exact) mass is 407 g/mol. The van der Waals surface area contributed by atoms with E-state index in [9.17, 15) is 14.7 Å². The predicted molar refractivity (Wildman–Crippen MR) is 117 cm³/mol. The fraction of sp³-hybridized carbons (Fsp3) is 0.545. The Kier molecular flexibility index (Phi) is 8.17. The van der Waals surface area contributed by atoms with Gasteiger partial charge in [-0.15, -0.1) is 0 Å². The zero-order valence-electron chi connectivity index (χ0n) is 17.9. The number of hydrogen-bond donors (Lipinski definition) is 3. The largest absolute Gasteiger partial charge is 0.507 e. The standard InChI is InChI=1S/C22H33NO4S/c1-8-27-20(26)17(13-28)23-18(24)10-9-14-11-15(21(2,3)4)19(25)16(12-14)22(5,6)7/h9-12,17,25,28H,8,13H2,1-7H3,(H,23,24)/b10-9+.